The Kier molecular flexibility index (Phi) is 6.95. The summed E-state index contributed by atoms with van der Waals surface area (Å²) in [7, 11) is 1.57. The third kappa shape index (κ3) is 4.81. The zero-order valence-corrected chi connectivity index (χ0v) is 20.2. The van der Waals surface area contributed by atoms with E-state index in [1.165, 1.54) is 0 Å². The van der Waals surface area contributed by atoms with Crippen molar-refractivity contribution in [3.8, 4) is 5.75 Å². The van der Waals surface area contributed by atoms with Crippen molar-refractivity contribution in [1.29, 1.82) is 0 Å². The normalized spacial score (nSPS) is 10.7. The summed E-state index contributed by atoms with van der Waals surface area (Å²) >= 11 is 11.3. The van der Waals surface area contributed by atoms with Crippen molar-refractivity contribution in [2.45, 2.75) is 13.3 Å². The van der Waals surface area contributed by atoms with Gasteiger partial charge in [-0.05, 0) is 48.9 Å². The molecule has 0 aliphatic carbocycles. The first-order valence-electron chi connectivity index (χ1n) is 10.5. The number of thiocarbonyl (C=S) groups is 1. The Balaban J connectivity index is 1.64. The van der Waals surface area contributed by atoms with Gasteiger partial charge in [0.15, 0.2) is 0 Å². The molecule has 1 amide bonds. The first kappa shape index (κ1) is 23.5. The number of fused-ring (bicyclic) bond motifs is 1. The van der Waals surface area contributed by atoms with Gasteiger partial charge in [-0.1, -0.05) is 54.2 Å². The molecule has 4 aromatic rings. The van der Waals surface area contributed by atoms with Crippen LogP contribution in [0.25, 0.3) is 10.9 Å². The average Bonchev–Trinajstić information content (AvgIpc) is 3.13. The first-order chi connectivity index (χ1) is 16.4. The molecule has 6 nitrogen and oxygen atoms in total. The maximum atomic E-state index is 13.4. The molecule has 34 heavy (non-hydrogen) atoms. The van der Waals surface area contributed by atoms with Gasteiger partial charge in [0.1, 0.15) is 10.7 Å². The fourth-order valence-corrected chi connectivity index (χ4v) is 4.10. The third-order valence-electron chi connectivity index (χ3n) is 5.53. The molecule has 0 aliphatic heterocycles. The lowest BCUT2D eigenvalue weighted by atomic mass is 10.1. The van der Waals surface area contributed by atoms with Gasteiger partial charge in [-0.15, -0.1) is 0 Å². The molecule has 0 aliphatic rings. The quantitative estimate of drug-likeness (QED) is 0.309. The van der Waals surface area contributed by atoms with E-state index in [2.05, 4.69) is 10.9 Å². The number of rotatable bonds is 5. The van der Waals surface area contributed by atoms with Crippen LogP contribution < -0.4 is 15.6 Å². The molecule has 0 saturated carbocycles. The van der Waals surface area contributed by atoms with Crippen LogP contribution in [0.3, 0.4) is 0 Å². The van der Waals surface area contributed by atoms with Crippen LogP contribution in [0.4, 0.5) is 0 Å². The molecule has 0 radical (unpaired) electrons. The van der Waals surface area contributed by atoms with Crippen LogP contribution in [0, 0.1) is 6.92 Å². The lowest BCUT2D eigenvalue weighted by Crippen LogP contribution is -2.42. The average molecular weight is 492 g/mol. The lowest BCUT2D eigenvalue weighted by Gasteiger charge is -2.10. The van der Waals surface area contributed by atoms with Crippen LogP contribution in [0.5, 0.6) is 5.75 Å². The summed E-state index contributed by atoms with van der Waals surface area (Å²) < 4.78 is 6.97. The SMILES string of the molecule is COc1ccc2c(CC(=O)NNC(=S)c3ccccc3)c(C)n(C(=O)c3ccc(Cl)cc3)c2c1. The Morgan fingerprint density at radius 2 is 1.68 bits per heavy atom. The summed E-state index contributed by atoms with van der Waals surface area (Å²) in [4.78, 5) is 26.6. The minimum atomic E-state index is -0.282. The summed E-state index contributed by atoms with van der Waals surface area (Å²) in [6.07, 6.45) is 0.0555. The smallest absolute Gasteiger partial charge is 0.262 e. The topological polar surface area (TPSA) is 72.4 Å². The second kappa shape index (κ2) is 10.1. The van der Waals surface area contributed by atoms with Gasteiger partial charge in [0.05, 0.1) is 19.0 Å². The second-order valence-electron chi connectivity index (χ2n) is 7.64. The second-order valence-corrected chi connectivity index (χ2v) is 8.48. The van der Waals surface area contributed by atoms with Crippen molar-refractivity contribution in [3.63, 3.8) is 0 Å². The van der Waals surface area contributed by atoms with Gasteiger partial charge in [0.25, 0.3) is 5.91 Å². The molecular formula is C26H22ClN3O3S. The number of nitrogens with zero attached hydrogens (tertiary/aromatic N) is 1. The number of hydrazine groups is 1. The summed E-state index contributed by atoms with van der Waals surface area (Å²) in [5.74, 6) is 0.110. The summed E-state index contributed by atoms with van der Waals surface area (Å²) in [6.45, 7) is 1.82. The maximum Gasteiger partial charge on any atom is 0.262 e. The predicted molar refractivity (Wildman–Crippen MR) is 138 cm³/mol. The van der Waals surface area contributed by atoms with E-state index in [-0.39, 0.29) is 18.2 Å². The number of nitrogens with one attached hydrogen (secondary N) is 2. The molecule has 4 rings (SSSR count). The van der Waals surface area contributed by atoms with Crippen molar-refractivity contribution < 1.29 is 14.3 Å². The number of aromatic nitrogens is 1. The van der Waals surface area contributed by atoms with Crippen LogP contribution in [-0.4, -0.2) is 28.5 Å². The zero-order valence-electron chi connectivity index (χ0n) is 18.6. The lowest BCUT2D eigenvalue weighted by molar-refractivity contribution is -0.120. The molecule has 8 heteroatoms. The molecule has 1 aromatic heterocycles. The number of halogens is 1. The molecular weight excluding hydrogens is 470 g/mol. The van der Waals surface area contributed by atoms with Crippen molar-refractivity contribution in [1.82, 2.24) is 15.4 Å². The number of ether oxygens (including phenoxy) is 1. The number of hydrogen-bond donors (Lipinski definition) is 2. The number of amides is 1. The highest BCUT2D eigenvalue weighted by atomic mass is 35.5. The highest BCUT2D eigenvalue weighted by Crippen LogP contribution is 2.30. The molecule has 0 spiro atoms. The molecule has 0 bridgehead atoms. The molecule has 0 atom stereocenters. The Morgan fingerprint density at radius 3 is 2.35 bits per heavy atom. The Labute approximate surface area is 207 Å². The van der Waals surface area contributed by atoms with Crippen LogP contribution >= 0.6 is 23.8 Å². The Hall–Kier alpha value is -3.68. The van der Waals surface area contributed by atoms with Crippen molar-refractivity contribution >= 4 is 51.5 Å². The van der Waals surface area contributed by atoms with Gasteiger partial charge < -0.3 is 4.74 Å². The Bertz CT molecular complexity index is 1380. The summed E-state index contributed by atoms with van der Waals surface area (Å²) in [5, 5.41) is 1.34. The predicted octanol–water partition coefficient (Wildman–Crippen LogP) is 4.84. The van der Waals surface area contributed by atoms with Gasteiger partial charge in [0.2, 0.25) is 5.91 Å². The van der Waals surface area contributed by atoms with E-state index in [1.807, 2.05) is 49.4 Å². The van der Waals surface area contributed by atoms with Crippen LogP contribution in [0.2, 0.25) is 5.02 Å². The van der Waals surface area contributed by atoms with E-state index in [4.69, 9.17) is 28.6 Å². The van der Waals surface area contributed by atoms with E-state index < -0.39 is 0 Å². The standard InChI is InChI=1S/C26H22ClN3O3S/c1-16-22(15-24(31)28-29-25(34)17-6-4-3-5-7-17)21-13-12-20(33-2)14-23(21)30(16)26(32)18-8-10-19(27)11-9-18/h3-14H,15H2,1-2H3,(H,28,31)(H,29,34). The Morgan fingerprint density at radius 1 is 0.971 bits per heavy atom. The highest BCUT2D eigenvalue weighted by Gasteiger charge is 2.22. The number of methoxy groups -OCH3 is 1. The summed E-state index contributed by atoms with van der Waals surface area (Å²) in [5.41, 5.74) is 8.80. The van der Waals surface area contributed by atoms with Crippen molar-refractivity contribution in [3.05, 3.63) is 100 Å². The molecule has 0 saturated heterocycles. The molecule has 0 unspecified atom stereocenters. The van der Waals surface area contributed by atoms with E-state index in [0.717, 1.165) is 16.5 Å². The highest BCUT2D eigenvalue weighted by molar-refractivity contribution is 7.80. The van der Waals surface area contributed by atoms with Crippen LogP contribution in [0.1, 0.15) is 27.2 Å². The van der Waals surface area contributed by atoms with Gasteiger partial charge >= 0.3 is 0 Å². The van der Waals surface area contributed by atoms with E-state index in [9.17, 15) is 9.59 Å². The van der Waals surface area contributed by atoms with Gasteiger partial charge in [-0.25, -0.2) is 0 Å². The van der Waals surface area contributed by atoms with Crippen molar-refractivity contribution in [2.75, 3.05) is 7.11 Å². The van der Waals surface area contributed by atoms with Crippen LogP contribution in [0.15, 0.2) is 72.8 Å². The molecule has 0 fully saturated rings. The van der Waals surface area contributed by atoms with E-state index in [1.54, 1.807) is 42.0 Å². The third-order valence-corrected chi connectivity index (χ3v) is 6.12. The fraction of sp³-hybridized carbons (Fsp3) is 0.115. The molecule has 2 N–H and O–H groups in total. The van der Waals surface area contributed by atoms with Crippen molar-refractivity contribution in [2.24, 2.45) is 0 Å². The monoisotopic (exact) mass is 491 g/mol. The van der Waals surface area contributed by atoms with Gasteiger partial charge in [-0.2, -0.15) is 0 Å². The molecule has 3 aromatic carbocycles. The number of benzene rings is 3. The fourth-order valence-electron chi connectivity index (χ4n) is 3.79. The van der Waals surface area contributed by atoms with E-state index in [0.29, 0.717) is 32.5 Å². The number of carbonyl (C=O) groups is 2. The minimum absolute atomic E-state index is 0.0555. The van der Waals surface area contributed by atoms with Crippen LogP contribution in [-0.2, 0) is 11.2 Å². The molecule has 172 valence electrons. The van der Waals surface area contributed by atoms with E-state index >= 15 is 0 Å². The summed E-state index contributed by atoms with van der Waals surface area (Å²) in [6, 6.07) is 21.5. The van der Waals surface area contributed by atoms with Gasteiger partial charge in [0, 0.05) is 33.3 Å². The minimum Gasteiger partial charge on any atom is -0.497 e. The number of carbonyl (C=O) groups excluding carboxylic acids is 2. The van der Waals surface area contributed by atoms with Gasteiger partial charge in [-0.3, -0.25) is 25.0 Å². The zero-order chi connectivity index (χ0) is 24.2. The number of hydrogen-bond acceptors (Lipinski definition) is 4. The maximum absolute atomic E-state index is 13.4. The first-order valence-corrected chi connectivity index (χ1v) is 11.3. The largest absolute Gasteiger partial charge is 0.497 e. The molecule has 1 heterocycles.